The molecule has 0 saturated heterocycles. The van der Waals surface area contributed by atoms with Gasteiger partial charge in [0.15, 0.2) is 5.82 Å². The van der Waals surface area contributed by atoms with Gasteiger partial charge in [0.2, 0.25) is 0 Å². The maximum Gasteiger partial charge on any atom is 0.251 e. The van der Waals surface area contributed by atoms with E-state index in [1.165, 1.54) is 23.3 Å². The lowest BCUT2D eigenvalue weighted by Crippen LogP contribution is -2.09. The quantitative estimate of drug-likeness (QED) is 0.714. The van der Waals surface area contributed by atoms with Crippen LogP contribution >= 0.6 is 0 Å². The lowest BCUT2D eigenvalue weighted by atomic mass is 10.3. The zero-order valence-corrected chi connectivity index (χ0v) is 7.79. The normalized spacial score (nSPS) is 10.1. The molecule has 0 aliphatic rings. The predicted molar refractivity (Wildman–Crippen MR) is 54.3 cm³/mol. The zero-order valence-electron chi connectivity index (χ0n) is 7.79. The summed E-state index contributed by atoms with van der Waals surface area (Å²) in [6.07, 6.45) is 4.42. The average Bonchev–Trinajstić information content (AvgIpc) is 2.68. The van der Waals surface area contributed by atoms with E-state index in [1.54, 1.807) is 12.1 Å². The molecule has 0 aliphatic carbocycles. The van der Waals surface area contributed by atoms with E-state index in [2.05, 4.69) is 10.1 Å². The summed E-state index contributed by atoms with van der Waals surface area (Å²) in [6.45, 7) is 0. The Hall–Kier alpha value is -2.37. The minimum Gasteiger partial charge on any atom is -0.397 e. The van der Waals surface area contributed by atoms with Crippen molar-refractivity contribution < 1.29 is 4.79 Å². The molecule has 0 unspecified atom stereocenters. The number of carbonyl (C=O) groups is 1. The molecule has 0 aliphatic heterocycles. The molecule has 2 rings (SSSR count). The van der Waals surface area contributed by atoms with Crippen molar-refractivity contribution in [3.05, 3.63) is 36.3 Å². The van der Waals surface area contributed by atoms with E-state index in [-0.39, 0.29) is 0 Å². The van der Waals surface area contributed by atoms with E-state index in [4.69, 9.17) is 11.5 Å². The van der Waals surface area contributed by atoms with Gasteiger partial charge in [-0.25, -0.2) is 9.67 Å². The number of nitrogens with two attached hydrogens (primary N) is 2. The Balaban J connectivity index is 2.37. The summed E-state index contributed by atoms with van der Waals surface area (Å²) in [6, 6.07) is 3.40. The SMILES string of the molecule is NC(=O)c1cnn(-c2ccc(N)cn2)c1. The number of hydrogen-bond donors (Lipinski definition) is 2. The van der Waals surface area contributed by atoms with Gasteiger partial charge in [-0.1, -0.05) is 0 Å². The summed E-state index contributed by atoms with van der Waals surface area (Å²) in [5.41, 5.74) is 11.5. The molecule has 2 aromatic heterocycles. The number of carbonyl (C=O) groups excluding carboxylic acids is 1. The fourth-order valence-corrected chi connectivity index (χ4v) is 1.11. The highest BCUT2D eigenvalue weighted by molar-refractivity contribution is 5.92. The Morgan fingerprint density at radius 1 is 1.33 bits per heavy atom. The number of rotatable bonds is 2. The van der Waals surface area contributed by atoms with Gasteiger partial charge in [0.05, 0.1) is 23.6 Å². The van der Waals surface area contributed by atoms with Crippen LogP contribution in [0.3, 0.4) is 0 Å². The van der Waals surface area contributed by atoms with Crippen molar-refractivity contribution in [1.29, 1.82) is 0 Å². The number of amides is 1. The molecular weight excluding hydrogens is 194 g/mol. The van der Waals surface area contributed by atoms with Crippen LogP contribution in [0.2, 0.25) is 0 Å². The topological polar surface area (TPSA) is 99.8 Å². The molecule has 15 heavy (non-hydrogen) atoms. The van der Waals surface area contributed by atoms with Crippen LogP contribution in [-0.2, 0) is 0 Å². The second-order valence-electron chi connectivity index (χ2n) is 2.99. The van der Waals surface area contributed by atoms with Crippen molar-refractivity contribution in [2.75, 3.05) is 5.73 Å². The molecule has 0 spiro atoms. The number of pyridine rings is 1. The first-order valence-corrected chi connectivity index (χ1v) is 4.23. The lowest BCUT2D eigenvalue weighted by Gasteiger charge is -1.99. The molecule has 1 amide bonds. The fraction of sp³-hybridized carbons (Fsp3) is 0. The third-order valence-electron chi connectivity index (χ3n) is 1.87. The monoisotopic (exact) mass is 203 g/mol. The van der Waals surface area contributed by atoms with E-state index in [0.717, 1.165) is 0 Å². The molecule has 6 heteroatoms. The summed E-state index contributed by atoms with van der Waals surface area (Å²) in [5.74, 6) is 0.0633. The first-order valence-electron chi connectivity index (χ1n) is 4.23. The molecule has 4 N–H and O–H groups in total. The highest BCUT2D eigenvalue weighted by Gasteiger charge is 2.05. The van der Waals surface area contributed by atoms with Gasteiger partial charge in [-0.05, 0) is 12.1 Å². The Morgan fingerprint density at radius 3 is 2.67 bits per heavy atom. The van der Waals surface area contributed by atoms with Crippen LogP contribution in [0, 0.1) is 0 Å². The highest BCUT2D eigenvalue weighted by Crippen LogP contribution is 2.07. The van der Waals surface area contributed by atoms with Crippen LogP contribution in [0.25, 0.3) is 5.82 Å². The second-order valence-corrected chi connectivity index (χ2v) is 2.99. The number of nitrogen functional groups attached to an aromatic ring is 1. The van der Waals surface area contributed by atoms with E-state index < -0.39 is 5.91 Å². The smallest absolute Gasteiger partial charge is 0.251 e. The van der Waals surface area contributed by atoms with Crippen molar-refractivity contribution in [2.24, 2.45) is 5.73 Å². The van der Waals surface area contributed by atoms with E-state index in [0.29, 0.717) is 17.1 Å². The second kappa shape index (κ2) is 3.41. The molecule has 6 nitrogen and oxygen atoms in total. The van der Waals surface area contributed by atoms with Gasteiger partial charge in [0, 0.05) is 6.20 Å². The van der Waals surface area contributed by atoms with Crippen LogP contribution in [0.1, 0.15) is 10.4 Å². The fourth-order valence-electron chi connectivity index (χ4n) is 1.11. The minimum absolute atomic E-state index is 0.341. The number of nitrogens with zero attached hydrogens (tertiary/aromatic N) is 3. The highest BCUT2D eigenvalue weighted by atomic mass is 16.1. The average molecular weight is 203 g/mol. The number of primary amides is 1. The van der Waals surface area contributed by atoms with Gasteiger partial charge >= 0.3 is 0 Å². The maximum atomic E-state index is 10.8. The molecule has 0 bridgehead atoms. The summed E-state index contributed by atoms with van der Waals surface area (Å²) >= 11 is 0. The van der Waals surface area contributed by atoms with Gasteiger partial charge in [-0.2, -0.15) is 5.10 Å². The first-order chi connectivity index (χ1) is 7.16. The zero-order chi connectivity index (χ0) is 10.8. The molecule has 0 saturated carbocycles. The van der Waals surface area contributed by atoms with Crippen LogP contribution in [0.5, 0.6) is 0 Å². The predicted octanol–water partition coefficient (Wildman–Crippen LogP) is -0.0516. The van der Waals surface area contributed by atoms with Gasteiger partial charge in [-0.3, -0.25) is 4.79 Å². The number of aromatic nitrogens is 3. The first kappa shape index (κ1) is 9.20. The summed E-state index contributed by atoms with van der Waals surface area (Å²) in [7, 11) is 0. The molecule has 2 aromatic rings. The van der Waals surface area contributed by atoms with Crippen LogP contribution in [0.15, 0.2) is 30.7 Å². The largest absolute Gasteiger partial charge is 0.397 e. The van der Waals surface area contributed by atoms with Crippen molar-refractivity contribution in [3.8, 4) is 5.82 Å². The number of anilines is 1. The van der Waals surface area contributed by atoms with Gasteiger partial charge in [-0.15, -0.1) is 0 Å². The molecule has 76 valence electrons. The molecule has 0 fully saturated rings. The molecule has 0 atom stereocenters. The van der Waals surface area contributed by atoms with Crippen molar-refractivity contribution in [1.82, 2.24) is 14.8 Å². The Morgan fingerprint density at radius 2 is 2.13 bits per heavy atom. The van der Waals surface area contributed by atoms with Crippen LogP contribution in [-0.4, -0.2) is 20.7 Å². The van der Waals surface area contributed by atoms with E-state index in [1.807, 2.05) is 0 Å². The molecule has 2 heterocycles. The summed E-state index contributed by atoms with van der Waals surface area (Å²) in [5, 5.41) is 3.95. The van der Waals surface area contributed by atoms with Crippen molar-refractivity contribution >= 4 is 11.6 Å². The molecule has 0 radical (unpaired) electrons. The third-order valence-corrected chi connectivity index (χ3v) is 1.87. The van der Waals surface area contributed by atoms with Crippen molar-refractivity contribution in [3.63, 3.8) is 0 Å². The maximum absolute atomic E-state index is 10.8. The van der Waals surface area contributed by atoms with E-state index in [9.17, 15) is 4.79 Å². The molecule has 0 aromatic carbocycles. The number of hydrogen-bond acceptors (Lipinski definition) is 4. The Labute approximate surface area is 85.5 Å². The van der Waals surface area contributed by atoms with Gasteiger partial charge < -0.3 is 11.5 Å². The summed E-state index contributed by atoms with van der Waals surface area (Å²) < 4.78 is 1.46. The van der Waals surface area contributed by atoms with Crippen LogP contribution < -0.4 is 11.5 Å². The Kier molecular flexibility index (Phi) is 2.09. The Bertz CT molecular complexity index is 487. The summed E-state index contributed by atoms with van der Waals surface area (Å²) in [4.78, 5) is 14.9. The third kappa shape index (κ3) is 1.78. The van der Waals surface area contributed by atoms with Gasteiger partial charge in [0.1, 0.15) is 0 Å². The minimum atomic E-state index is -0.517. The van der Waals surface area contributed by atoms with Crippen molar-refractivity contribution in [2.45, 2.75) is 0 Å². The van der Waals surface area contributed by atoms with E-state index >= 15 is 0 Å². The standard InChI is InChI=1S/C9H9N5O/c10-7-1-2-8(12-4-7)14-5-6(3-13-14)9(11)15/h1-5H,10H2,(H2,11,15). The molecular formula is C9H9N5O. The van der Waals surface area contributed by atoms with Gasteiger partial charge in [0.25, 0.3) is 5.91 Å². The van der Waals surface area contributed by atoms with Crippen LogP contribution in [0.4, 0.5) is 5.69 Å². The lowest BCUT2D eigenvalue weighted by molar-refractivity contribution is 0.100.